The van der Waals surface area contributed by atoms with Gasteiger partial charge < -0.3 is 39.1 Å². The predicted octanol–water partition coefficient (Wildman–Crippen LogP) is 15.9. The predicted molar refractivity (Wildman–Crippen MR) is 317 cm³/mol. The molecular formula is C68H102N2O8. The summed E-state index contributed by atoms with van der Waals surface area (Å²) in [5, 5.41) is 6.53. The van der Waals surface area contributed by atoms with Crippen LogP contribution in [0.15, 0.2) is 115 Å². The first-order valence-electron chi connectivity index (χ1n) is 30.7. The number of carbonyl (C=O) groups is 2. The van der Waals surface area contributed by atoms with E-state index in [4.69, 9.17) is 28.4 Å². The lowest BCUT2D eigenvalue weighted by Crippen LogP contribution is -2.54. The lowest BCUT2D eigenvalue weighted by Gasteiger charge is -2.44. The van der Waals surface area contributed by atoms with E-state index in [9.17, 15) is 9.59 Å². The maximum absolute atomic E-state index is 14.3. The number of nitrogens with one attached hydrogen (secondary N) is 2. The molecular weight excluding hydrogens is 973 g/mol. The molecule has 4 aromatic carbocycles. The van der Waals surface area contributed by atoms with Crippen LogP contribution in [0.2, 0.25) is 0 Å². The van der Waals surface area contributed by atoms with Crippen molar-refractivity contribution in [1.82, 2.24) is 10.6 Å². The van der Waals surface area contributed by atoms with Gasteiger partial charge in [-0.1, -0.05) is 253 Å². The van der Waals surface area contributed by atoms with Gasteiger partial charge in [0, 0.05) is 18.9 Å². The molecule has 0 aromatic heterocycles. The number of ether oxygens (including phenoxy) is 6. The number of amides is 2. The van der Waals surface area contributed by atoms with E-state index in [2.05, 4.69) is 86.9 Å². The lowest BCUT2D eigenvalue weighted by atomic mass is 9.79. The molecule has 1 aliphatic heterocycles. The molecule has 8 atom stereocenters. The van der Waals surface area contributed by atoms with Gasteiger partial charge in [-0.3, -0.25) is 9.59 Å². The van der Waals surface area contributed by atoms with E-state index in [1.165, 1.54) is 77.0 Å². The highest BCUT2D eigenvalue weighted by atomic mass is 16.7. The molecule has 78 heavy (non-hydrogen) atoms. The molecule has 10 heteroatoms. The van der Waals surface area contributed by atoms with Gasteiger partial charge in [0.05, 0.1) is 64.0 Å². The van der Waals surface area contributed by atoms with E-state index < -0.39 is 18.4 Å². The minimum absolute atomic E-state index is 0.00803. The van der Waals surface area contributed by atoms with Crippen molar-refractivity contribution in [2.24, 2.45) is 17.8 Å². The molecule has 0 radical (unpaired) electrons. The standard InChI is InChI=1S/C68H102N2O8/c1-6-7-8-9-10-11-12-13-15-18-21-33-46-63(75-50-58-40-29-25-30-41-58)66(76-51-59-42-31-26-32-43-59)61(52-77-68-56(4)54(2)55(3)64(78-68)53-74-49-57-38-27-24-28-39-57)70-65(71)47-34-22-19-16-14-17-20-23-37-48-69-67(72)60-44-35-36-45-62(60)73-5/h24-32,35-36,38-45,54-56,61,63-64,66,68H,6-23,33-34,37,46-53H2,1-5H3,(H,69,72)(H,70,71)/t54-,55+,56?,61-,63+,64?,66-,68-/m0/s1. The van der Waals surface area contributed by atoms with Crippen molar-refractivity contribution in [1.29, 1.82) is 0 Å². The van der Waals surface area contributed by atoms with Gasteiger partial charge in [0.25, 0.3) is 5.91 Å². The van der Waals surface area contributed by atoms with Crippen molar-refractivity contribution in [2.75, 3.05) is 26.9 Å². The molecule has 1 aliphatic rings. The number of unbranched alkanes of at least 4 members (excludes halogenated alkanes) is 19. The SMILES string of the molecule is CCCCCCCCCCCCCC[C@@H](OCc1ccccc1)[C@@H](OCc1ccccc1)[C@H](CO[C@H]1OC(COCc2ccccc2)[C@H](C)[C@H](C)C1C)NC(=O)CCCCCCCCCCCNC(=O)c1ccccc1OC. The van der Waals surface area contributed by atoms with Crippen LogP contribution < -0.4 is 15.4 Å². The third-order valence-electron chi connectivity index (χ3n) is 16.1. The number of benzene rings is 4. The Labute approximate surface area is 472 Å². The number of para-hydroxylation sites is 1. The first-order valence-corrected chi connectivity index (χ1v) is 30.7. The van der Waals surface area contributed by atoms with Gasteiger partial charge in [-0.25, -0.2) is 0 Å². The van der Waals surface area contributed by atoms with Gasteiger partial charge in [-0.2, -0.15) is 0 Å². The molecule has 0 aliphatic carbocycles. The zero-order valence-electron chi connectivity index (χ0n) is 48.9. The average molecular weight is 1080 g/mol. The summed E-state index contributed by atoms with van der Waals surface area (Å²) in [6.07, 6.45) is 24.7. The van der Waals surface area contributed by atoms with Gasteiger partial charge in [0.15, 0.2) is 6.29 Å². The van der Waals surface area contributed by atoms with Crippen LogP contribution in [-0.2, 0) is 48.3 Å². The van der Waals surface area contributed by atoms with Gasteiger partial charge in [-0.05, 0) is 59.9 Å². The van der Waals surface area contributed by atoms with Gasteiger partial charge in [0.2, 0.25) is 5.91 Å². The Morgan fingerprint density at radius 3 is 1.63 bits per heavy atom. The fourth-order valence-corrected chi connectivity index (χ4v) is 10.8. The third kappa shape index (κ3) is 25.3. The quantitative estimate of drug-likeness (QED) is 0.0422. The van der Waals surface area contributed by atoms with Crippen LogP contribution in [0.25, 0.3) is 0 Å². The Bertz CT molecular complexity index is 2130. The monoisotopic (exact) mass is 1070 g/mol. The zero-order valence-corrected chi connectivity index (χ0v) is 48.9. The second-order valence-electron chi connectivity index (χ2n) is 22.3. The maximum atomic E-state index is 14.3. The molecule has 0 spiro atoms. The van der Waals surface area contributed by atoms with Crippen molar-refractivity contribution in [3.63, 3.8) is 0 Å². The molecule has 1 fully saturated rings. The number of hydrogen-bond donors (Lipinski definition) is 2. The first-order chi connectivity index (χ1) is 38.3. The zero-order chi connectivity index (χ0) is 55.3. The van der Waals surface area contributed by atoms with Crippen molar-refractivity contribution in [3.8, 4) is 5.75 Å². The van der Waals surface area contributed by atoms with Crippen LogP contribution in [0.4, 0.5) is 0 Å². The van der Waals surface area contributed by atoms with E-state index in [0.717, 1.165) is 80.9 Å². The van der Waals surface area contributed by atoms with E-state index in [-0.39, 0.29) is 42.5 Å². The summed E-state index contributed by atoms with van der Waals surface area (Å²) in [4.78, 5) is 26.9. The number of methoxy groups -OCH3 is 1. The molecule has 5 rings (SSSR count). The maximum Gasteiger partial charge on any atom is 0.255 e. The Morgan fingerprint density at radius 1 is 0.551 bits per heavy atom. The second-order valence-corrected chi connectivity index (χ2v) is 22.3. The Kier molecular flexibility index (Phi) is 32.7. The largest absolute Gasteiger partial charge is 0.496 e. The van der Waals surface area contributed by atoms with Crippen LogP contribution in [0.1, 0.15) is 202 Å². The second kappa shape index (κ2) is 39.7. The molecule has 2 unspecified atom stereocenters. The van der Waals surface area contributed by atoms with Gasteiger partial charge in [-0.15, -0.1) is 0 Å². The van der Waals surface area contributed by atoms with Crippen LogP contribution in [-0.4, -0.2) is 69.3 Å². The smallest absolute Gasteiger partial charge is 0.255 e. The van der Waals surface area contributed by atoms with E-state index >= 15 is 0 Å². The Balaban J connectivity index is 1.21. The molecule has 0 bridgehead atoms. The van der Waals surface area contributed by atoms with Crippen LogP contribution in [0.3, 0.4) is 0 Å². The Hall–Kier alpha value is -4.58. The highest BCUT2D eigenvalue weighted by molar-refractivity contribution is 5.96. The molecule has 0 saturated carbocycles. The summed E-state index contributed by atoms with van der Waals surface area (Å²) in [6, 6.07) is 37.8. The average Bonchev–Trinajstić information content (AvgIpc) is 3.48. The van der Waals surface area contributed by atoms with Crippen molar-refractivity contribution in [3.05, 3.63) is 138 Å². The fourth-order valence-electron chi connectivity index (χ4n) is 10.8. The molecule has 1 heterocycles. The van der Waals surface area contributed by atoms with E-state index in [0.29, 0.717) is 56.6 Å². The minimum atomic E-state index is -0.493. The number of hydrogen-bond acceptors (Lipinski definition) is 8. The van der Waals surface area contributed by atoms with E-state index in [1.807, 2.05) is 60.7 Å². The van der Waals surface area contributed by atoms with Crippen LogP contribution in [0.5, 0.6) is 5.75 Å². The van der Waals surface area contributed by atoms with Crippen molar-refractivity contribution >= 4 is 11.8 Å². The molecule has 432 valence electrons. The molecule has 4 aromatic rings. The summed E-state index contributed by atoms with van der Waals surface area (Å²) < 4.78 is 39.4. The summed E-state index contributed by atoms with van der Waals surface area (Å²) in [5.74, 6) is 1.23. The molecule has 10 nitrogen and oxygen atoms in total. The van der Waals surface area contributed by atoms with Crippen molar-refractivity contribution in [2.45, 2.75) is 226 Å². The first kappa shape index (κ1) is 64.2. The summed E-state index contributed by atoms with van der Waals surface area (Å²) in [6.45, 7) is 11.7. The molecule has 1 saturated heterocycles. The summed E-state index contributed by atoms with van der Waals surface area (Å²) in [7, 11) is 1.59. The normalized spacial score (nSPS) is 18.5. The third-order valence-corrected chi connectivity index (χ3v) is 16.1. The van der Waals surface area contributed by atoms with Crippen LogP contribution in [0, 0.1) is 17.8 Å². The van der Waals surface area contributed by atoms with Gasteiger partial charge in [0.1, 0.15) is 11.9 Å². The summed E-state index contributed by atoms with van der Waals surface area (Å²) >= 11 is 0. The lowest BCUT2D eigenvalue weighted by molar-refractivity contribution is -0.262. The highest BCUT2D eigenvalue weighted by Gasteiger charge is 2.41. The minimum Gasteiger partial charge on any atom is -0.496 e. The molecule has 2 amide bonds. The highest BCUT2D eigenvalue weighted by Crippen LogP contribution is 2.36. The number of rotatable bonds is 43. The van der Waals surface area contributed by atoms with Gasteiger partial charge >= 0.3 is 0 Å². The van der Waals surface area contributed by atoms with Crippen molar-refractivity contribution < 1.29 is 38.0 Å². The number of carbonyl (C=O) groups excluding carboxylic acids is 2. The topological polar surface area (TPSA) is 114 Å². The Morgan fingerprint density at radius 2 is 1.05 bits per heavy atom. The fraction of sp³-hybridized carbons (Fsp3) is 0.618. The van der Waals surface area contributed by atoms with E-state index in [1.54, 1.807) is 13.2 Å². The molecule has 2 N–H and O–H groups in total. The summed E-state index contributed by atoms with van der Waals surface area (Å²) in [5.41, 5.74) is 3.88. The van der Waals surface area contributed by atoms with Crippen LogP contribution >= 0.6 is 0 Å².